The zero-order valence-electron chi connectivity index (χ0n) is 12.8. The second kappa shape index (κ2) is 4.39. The van der Waals surface area contributed by atoms with E-state index in [-0.39, 0.29) is 23.4 Å². The first kappa shape index (κ1) is 13.9. The lowest BCUT2D eigenvalue weighted by atomic mass is 9.51. The molecule has 21 heavy (non-hydrogen) atoms. The molecular weight excluding hydrogens is 266 g/mol. The predicted octanol–water partition coefficient (Wildman–Crippen LogP) is 1.41. The number of Topliss-reactive ketones (excluding diaryl/α,β-unsaturated/α-hetero) is 2. The molecular formula is C17H25NO3. The molecule has 2 aliphatic carbocycles. The third-order valence-corrected chi connectivity index (χ3v) is 7.04. The average Bonchev–Trinajstić information content (AvgIpc) is 2.61. The Morgan fingerprint density at radius 1 is 1.10 bits per heavy atom. The molecule has 2 aliphatic heterocycles. The molecule has 0 aromatic rings. The minimum atomic E-state index is -0.550. The lowest BCUT2D eigenvalue weighted by Gasteiger charge is -2.52. The van der Waals surface area contributed by atoms with Crippen molar-refractivity contribution < 1.29 is 14.7 Å². The van der Waals surface area contributed by atoms with Gasteiger partial charge in [0.05, 0.1) is 11.5 Å². The van der Waals surface area contributed by atoms with Gasteiger partial charge >= 0.3 is 0 Å². The van der Waals surface area contributed by atoms with Gasteiger partial charge in [-0.2, -0.15) is 0 Å². The Morgan fingerprint density at radius 2 is 1.81 bits per heavy atom. The normalized spacial score (nSPS) is 53.0. The molecule has 4 aliphatic rings. The van der Waals surface area contributed by atoms with E-state index in [4.69, 9.17) is 0 Å². The molecule has 116 valence electrons. The average molecular weight is 291 g/mol. The van der Waals surface area contributed by atoms with Gasteiger partial charge in [0.1, 0.15) is 11.6 Å². The number of aliphatic hydroxyl groups is 1. The van der Waals surface area contributed by atoms with Crippen molar-refractivity contribution in [2.45, 2.75) is 51.6 Å². The Kier molecular flexibility index (Phi) is 2.90. The molecule has 0 amide bonds. The molecule has 0 aromatic carbocycles. The molecule has 0 radical (unpaired) electrons. The van der Waals surface area contributed by atoms with E-state index in [0.717, 1.165) is 45.3 Å². The van der Waals surface area contributed by atoms with Crippen LogP contribution >= 0.6 is 0 Å². The van der Waals surface area contributed by atoms with E-state index >= 15 is 0 Å². The van der Waals surface area contributed by atoms with E-state index < -0.39 is 16.9 Å². The maximum atomic E-state index is 13.1. The SMILES string of the molecule is C[C@H]1CC(=O)[C@]23CCCN4CCC[C@]2(C4)C(=O)C[C@@H]3[C@@H]1O. The third-order valence-electron chi connectivity index (χ3n) is 7.04. The second-order valence-corrected chi connectivity index (χ2v) is 7.87. The molecule has 4 heteroatoms. The van der Waals surface area contributed by atoms with Gasteiger partial charge in [-0.05, 0) is 44.7 Å². The van der Waals surface area contributed by atoms with Crippen LogP contribution in [0, 0.1) is 22.7 Å². The maximum Gasteiger partial charge on any atom is 0.141 e. The minimum absolute atomic E-state index is 0.000906. The Hall–Kier alpha value is -0.740. The number of rotatable bonds is 0. The summed E-state index contributed by atoms with van der Waals surface area (Å²) in [6, 6.07) is 0. The molecule has 4 nitrogen and oxygen atoms in total. The Balaban J connectivity index is 1.88. The summed E-state index contributed by atoms with van der Waals surface area (Å²) < 4.78 is 0. The van der Waals surface area contributed by atoms with Crippen molar-refractivity contribution in [3.8, 4) is 0 Å². The standard InChI is InChI=1S/C17H25NO3/c1-11-8-14(20)17-5-3-7-18-6-2-4-16(17,10-18)13(19)9-12(17)15(11)21/h11-12,15,21H,2-10H2,1H3/t11-,12+,15+,16-,17+/m0/s1. The van der Waals surface area contributed by atoms with Crippen LogP contribution < -0.4 is 0 Å². The van der Waals surface area contributed by atoms with Gasteiger partial charge in [-0.15, -0.1) is 0 Å². The zero-order chi connectivity index (χ0) is 14.8. The summed E-state index contributed by atoms with van der Waals surface area (Å²) in [5.74, 6) is 0.416. The largest absolute Gasteiger partial charge is 0.392 e. The molecule has 4 rings (SSSR count). The summed E-state index contributed by atoms with van der Waals surface area (Å²) in [6.07, 6.45) is 4.04. The predicted molar refractivity (Wildman–Crippen MR) is 77.7 cm³/mol. The molecule has 1 N–H and O–H groups in total. The summed E-state index contributed by atoms with van der Waals surface area (Å²) in [4.78, 5) is 28.4. The number of ketones is 2. The number of carbonyl (C=O) groups excluding carboxylic acids is 2. The number of aliphatic hydroxyl groups excluding tert-OH is 1. The van der Waals surface area contributed by atoms with E-state index in [1.165, 1.54) is 0 Å². The Morgan fingerprint density at radius 3 is 2.57 bits per heavy atom. The number of hydrogen-bond acceptors (Lipinski definition) is 4. The first-order valence-corrected chi connectivity index (χ1v) is 8.48. The van der Waals surface area contributed by atoms with Crippen LogP contribution in [0.5, 0.6) is 0 Å². The molecule has 2 saturated carbocycles. The highest BCUT2D eigenvalue weighted by atomic mass is 16.3. The second-order valence-electron chi connectivity index (χ2n) is 7.87. The number of carbonyl (C=O) groups is 2. The molecule has 1 unspecified atom stereocenters. The maximum absolute atomic E-state index is 13.1. The van der Waals surface area contributed by atoms with E-state index in [1.807, 2.05) is 6.92 Å². The fraction of sp³-hybridized carbons (Fsp3) is 0.882. The molecule has 6 atom stereocenters. The van der Waals surface area contributed by atoms with Crippen LogP contribution in [0.25, 0.3) is 0 Å². The van der Waals surface area contributed by atoms with Crippen molar-refractivity contribution in [2.24, 2.45) is 22.7 Å². The van der Waals surface area contributed by atoms with E-state index in [2.05, 4.69) is 4.90 Å². The van der Waals surface area contributed by atoms with Crippen molar-refractivity contribution in [1.82, 2.24) is 4.90 Å². The van der Waals surface area contributed by atoms with E-state index in [0.29, 0.717) is 12.8 Å². The highest BCUT2D eigenvalue weighted by molar-refractivity contribution is 6.00. The van der Waals surface area contributed by atoms with Gasteiger partial charge in [-0.3, -0.25) is 9.59 Å². The summed E-state index contributed by atoms with van der Waals surface area (Å²) in [7, 11) is 0. The van der Waals surface area contributed by atoms with Crippen LogP contribution in [0.15, 0.2) is 0 Å². The van der Waals surface area contributed by atoms with Gasteiger partial charge in [-0.1, -0.05) is 6.92 Å². The summed E-state index contributed by atoms with van der Waals surface area (Å²) in [5.41, 5.74) is -1.03. The fourth-order valence-electron chi connectivity index (χ4n) is 6.12. The molecule has 4 fully saturated rings. The van der Waals surface area contributed by atoms with Gasteiger partial charge in [0.15, 0.2) is 0 Å². The van der Waals surface area contributed by atoms with Gasteiger partial charge in [0.2, 0.25) is 0 Å². The highest BCUT2D eigenvalue weighted by Crippen LogP contribution is 2.65. The quantitative estimate of drug-likeness (QED) is 0.733. The number of fused-ring (bicyclic) bond motifs is 1. The number of nitrogens with zero attached hydrogens (tertiary/aromatic N) is 1. The monoisotopic (exact) mass is 291 g/mol. The Labute approximate surface area is 125 Å². The van der Waals surface area contributed by atoms with Crippen LogP contribution in [0.1, 0.15) is 45.4 Å². The fourth-order valence-corrected chi connectivity index (χ4v) is 6.12. The van der Waals surface area contributed by atoms with Crippen LogP contribution in [-0.4, -0.2) is 47.3 Å². The summed E-state index contributed by atoms with van der Waals surface area (Å²) in [5, 5.41) is 10.7. The van der Waals surface area contributed by atoms with Crippen LogP contribution in [0.3, 0.4) is 0 Å². The van der Waals surface area contributed by atoms with Crippen molar-refractivity contribution >= 4 is 11.6 Å². The summed E-state index contributed by atoms with van der Waals surface area (Å²) in [6.45, 7) is 4.77. The van der Waals surface area contributed by atoms with E-state index in [9.17, 15) is 14.7 Å². The lowest BCUT2D eigenvalue weighted by Crippen LogP contribution is -2.60. The number of piperidine rings is 1. The topological polar surface area (TPSA) is 57.6 Å². The molecule has 2 saturated heterocycles. The van der Waals surface area contributed by atoms with Crippen LogP contribution in [-0.2, 0) is 9.59 Å². The van der Waals surface area contributed by atoms with Crippen molar-refractivity contribution in [1.29, 1.82) is 0 Å². The van der Waals surface area contributed by atoms with Gasteiger partial charge in [0, 0.05) is 30.7 Å². The molecule has 2 bridgehead atoms. The molecule has 2 spiro atoms. The van der Waals surface area contributed by atoms with Crippen LogP contribution in [0.2, 0.25) is 0 Å². The Bertz CT molecular complexity index is 504. The van der Waals surface area contributed by atoms with Gasteiger partial charge in [-0.25, -0.2) is 0 Å². The van der Waals surface area contributed by atoms with E-state index in [1.54, 1.807) is 0 Å². The zero-order valence-corrected chi connectivity index (χ0v) is 12.8. The van der Waals surface area contributed by atoms with Crippen molar-refractivity contribution in [3.05, 3.63) is 0 Å². The van der Waals surface area contributed by atoms with Gasteiger partial charge < -0.3 is 10.0 Å². The highest BCUT2D eigenvalue weighted by Gasteiger charge is 2.71. The lowest BCUT2D eigenvalue weighted by molar-refractivity contribution is -0.161. The van der Waals surface area contributed by atoms with Gasteiger partial charge in [0.25, 0.3) is 0 Å². The van der Waals surface area contributed by atoms with Crippen molar-refractivity contribution in [3.63, 3.8) is 0 Å². The summed E-state index contributed by atoms with van der Waals surface area (Å²) >= 11 is 0. The smallest absolute Gasteiger partial charge is 0.141 e. The number of hydrogen-bond donors (Lipinski definition) is 1. The van der Waals surface area contributed by atoms with Crippen molar-refractivity contribution in [2.75, 3.05) is 19.6 Å². The molecule has 2 heterocycles. The minimum Gasteiger partial charge on any atom is -0.392 e. The first-order chi connectivity index (χ1) is 10.0. The first-order valence-electron chi connectivity index (χ1n) is 8.48. The third kappa shape index (κ3) is 1.53. The van der Waals surface area contributed by atoms with Crippen LogP contribution in [0.4, 0.5) is 0 Å². The molecule has 0 aromatic heterocycles.